The predicted molar refractivity (Wildman–Crippen MR) is 109 cm³/mol. The van der Waals surface area contributed by atoms with Crippen LogP contribution >= 0.6 is 27.5 Å². The van der Waals surface area contributed by atoms with E-state index in [2.05, 4.69) is 21.2 Å². The molecule has 0 bridgehead atoms. The first-order valence-corrected chi connectivity index (χ1v) is 9.34. The molecule has 0 spiro atoms. The number of hydrogen-bond acceptors (Lipinski definition) is 4. The van der Waals surface area contributed by atoms with Crippen molar-refractivity contribution in [3.8, 4) is 11.5 Å². The molecular formula is C19H20BrClN2O4. The number of carbonyl (C=O) groups is 2. The molecule has 0 aliphatic rings. The Labute approximate surface area is 171 Å². The van der Waals surface area contributed by atoms with Crippen molar-refractivity contribution in [1.29, 1.82) is 0 Å². The van der Waals surface area contributed by atoms with Crippen molar-refractivity contribution >= 4 is 45.0 Å². The molecule has 0 saturated carbocycles. The molecule has 2 aromatic carbocycles. The van der Waals surface area contributed by atoms with Gasteiger partial charge in [0.05, 0.1) is 31.0 Å². The lowest BCUT2D eigenvalue weighted by Crippen LogP contribution is -2.35. The Morgan fingerprint density at radius 3 is 2.59 bits per heavy atom. The average molecular weight is 456 g/mol. The van der Waals surface area contributed by atoms with Crippen LogP contribution in [0.2, 0.25) is 5.02 Å². The number of methoxy groups -OCH3 is 1. The molecule has 144 valence electrons. The Balaban J connectivity index is 2.11. The highest BCUT2D eigenvalue weighted by Crippen LogP contribution is 2.36. The number of likely N-dealkylation sites (N-methyl/N-ethyl adjacent to an activating group) is 1. The van der Waals surface area contributed by atoms with Gasteiger partial charge >= 0.3 is 0 Å². The molecule has 0 aromatic heterocycles. The lowest BCUT2D eigenvalue weighted by atomic mass is 10.1. The van der Waals surface area contributed by atoms with E-state index in [-0.39, 0.29) is 23.4 Å². The lowest BCUT2D eigenvalue weighted by molar-refractivity contribution is -0.116. The average Bonchev–Trinajstić information content (AvgIpc) is 2.64. The van der Waals surface area contributed by atoms with Crippen molar-refractivity contribution in [2.75, 3.05) is 32.6 Å². The monoisotopic (exact) mass is 454 g/mol. The molecule has 0 aliphatic heterocycles. The summed E-state index contributed by atoms with van der Waals surface area (Å²) in [5.74, 6) is 0.0635. The van der Waals surface area contributed by atoms with Crippen molar-refractivity contribution in [3.05, 3.63) is 51.5 Å². The van der Waals surface area contributed by atoms with Crippen LogP contribution in [0.15, 0.2) is 40.9 Å². The third-order valence-electron chi connectivity index (χ3n) is 3.64. The fraction of sp³-hybridized carbons (Fsp3) is 0.263. The number of nitrogens with one attached hydrogen (secondary N) is 1. The SMILES string of the molecule is CCOc1c(Cl)cc(C(=O)N(C)CC(=O)Nc2ccccc2Br)cc1OC. The fourth-order valence-corrected chi connectivity index (χ4v) is 3.04. The quantitative estimate of drug-likeness (QED) is 0.679. The molecule has 27 heavy (non-hydrogen) atoms. The first-order chi connectivity index (χ1) is 12.9. The van der Waals surface area contributed by atoms with E-state index in [9.17, 15) is 9.59 Å². The molecular weight excluding hydrogens is 436 g/mol. The van der Waals surface area contributed by atoms with Gasteiger partial charge in [0.1, 0.15) is 0 Å². The van der Waals surface area contributed by atoms with Crippen LogP contribution in [-0.4, -0.2) is 44.0 Å². The first kappa shape index (κ1) is 21.1. The van der Waals surface area contributed by atoms with Crippen LogP contribution in [0.4, 0.5) is 5.69 Å². The minimum Gasteiger partial charge on any atom is -0.493 e. The Kier molecular flexibility index (Phi) is 7.50. The van der Waals surface area contributed by atoms with E-state index in [0.29, 0.717) is 29.4 Å². The van der Waals surface area contributed by atoms with Gasteiger partial charge < -0.3 is 19.7 Å². The van der Waals surface area contributed by atoms with Crippen molar-refractivity contribution in [3.63, 3.8) is 0 Å². The third-order valence-corrected chi connectivity index (χ3v) is 4.61. The maximum absolute atomic E-state index is 12.7. The van der Waals surface area contributed by atoms with Crippen LogP contribution in [-0.2, 0) is 4.79 Å². The summed E-state index contributed by atoms with van der Waals surface area (Å²) in [6.45, 7) is 2.12. The zero-order chi connectivity index (χ0) is 20.0. The van der Waals surface area contributed by atoms with Gasteiger partial charge in [-0.05, 0) is 47.1 Å². The molecule has 0 aliphatic carbocycles. The van der Waals surface area contributed by atoms with Gasteiger partial charge in [-0.25, -0.2) is 0 Å². The van der Waals surface area contributed by atoms with Gasteiger partial charge in [-0.1, -0.05) is 23.7 Å². The van der Waals surface area contributed by atoms with E-state index in [1.54, 1.807) is 19.2 Å². The maximum atomic E-state index is 12.7. The molecule has 0 fully saturated rings. The van der Waals surface area contributed by atoms with Gasteiger partial charge in [0.15, 0.2) is 11.5 Å². The summed E-state index contributed by atoms with van der Waals surface area (Å²) in [5.41, 5.74) is 0.936. The number of amides is 2. The van der Waals surface area contributed by atoms with Crippen LogP contribution in [0.1, 0.15) is 17.3 Å². The van der Waals surface area contributed by atoms with Crippen LogP contribution in [0, 0.1) is 0 Å². The highest BCUT2D eigenvalue weighted by atomic mass is 79.9. The topological polar surface area (TPSA) is 67.9 Å². The largest absolute Gasteiger partial charge is 0.493 e. The van der Waals surface area contributed by atoms with Crippen LogP contribution in [0.3, 0.4) is 0 Å². The summed E-state index contributed by atoms with van der Waals surface area (Å²) in [7, 11) is 3.01. The summed E-state index contributed by atoms with van der Waals surface area (Å²) in [6.07, 6.45) is 0. The molecule has 1 N–H and O–H groups in total. The van der Waals surface area contributed by atoms with E-state index in [4.69, 9.17) is 21.1 Å². The normalized spacial score (nSPS) is 10.3. The van der Waals surface area contributed by atoms with Gasteiger partial charge in [-0.2, -0.15) is 0 Å². The number of hydrogen-bond donors (Lipinski definition) is 1. The fourth-order valence-electron chi connectivity index (χ4n) is 2.39. The summed E-state index contributed by atoms with van der Waals surface area (Å²) in [4.78, 5) is 26.2. The van der Waals surface area contributed by atoms with Crippen molar-refractivity contribution in [2.45, 2.75) is 6.92 Å². The number of carbonyl (C=O) groups excluding carboxylic acids is 2. The number of para-hydroxylation sites is 1. The van der Waals surface area contributed by atoms with Crippen molar-refractivity contribution in [1.82, 2.24) is 4.90 Å². The number of nitrogens with zero attached hydrogens (tertiary/aromatic N) is 1. The summed E-state index contributed by atoms with van der Waals surface area (Å²) < 4.78 is 11.5. The zero-order valence-corrected chi connectivity index (χ0v) is 17.6. The number of benzene rings is 2. The highest BCUT2D eigenvalue weighted by molar-refractivity contribution is 9.10. The Hall–Kier alpha value is -2.25. The van der Waals surface area contributed by atoms with Crippen molar-refractivity contribution < 1.29 is 19.1 Å². The smallest absolute Gasteiger partial charge is 0.254 e. The van der Waals surface area contributed by atoms with E-state index < -0.39 is 0 Å². The molecule has 2 rings (SSSR count). The summed E-state index contributed by atoms with van der Waals surface area (Å²) >= 11 is 9.58. The number of ether oxygens (including phenoxy) is 2. The molecule has 0 unspecified atom stereocenters. The summed E-state index contributed by atoms with van der Waals surface area (Å²) in [5, 5.41) is 3.03. The van der Waals surface area contributed by atoms with Crippen LogP contribution in [0.5, 0.6) is 11.5 Å². The second-order valence-electron chi connectivity index (χ2n) is 5.61. The molecule has 0 atom stereocenters. The van der Waals surface area contributed by atoms with E-state index >= 15 is 0 Å². The van der Waals surface area contributed by atoms with Crippen LogP contribution < -0.4 is 14.8 Å². The lowest BCUT2D eigenvalue weighted by Gasteiger charge is -2.19. The maximum Gasteiger partial charge on any atom is 0.254 e. The number of anilines is 1. The van der Waals surface area contributed by atoms with Gasteiger partial charge in [-0.15, -0.1) is 0 Å². The molecule has 2 amide bonds. The predicted octanol–water partition coefficient (Wildman–Crippen LogP) is 4.22. The molecule has 6 nitrogen and oxygen atoms in total. The van der Waals surface area contributed by atoms with Gasteiger partial charge in [0, 0.05) is 17.1 Å². The Morgan fingerprint density at radius 1 is 1.26 bits per heavy atom. The molecule has 0 saturated heterocycles. The van der Waals surface area contributed by atoms with E-state index in [1.807, 2.05) is 25.1 Å². The number of halogens is 2. The van der Waals surface area contributed by atoms with Gasteiger partial charge in [0.2, 0.25) is 5.91 Å². The second-order valence-corrected chi connectivity index (χ2v) is 6.87. The second kappa shape index (κ2) is 9.62. The first-order valence-electron chi connectivity index (χ1n) is 8.17. The standard InChI is InChI=1S/C19H20BrClN2O4/c1-4-27-18-14(21)9-12(10-16(18)26-3)19(25)23(2)11-17(24)22-15-8-6-5-7-13(15)20/h5-10H,4,11H2,1-3H3,(H,22,24). The minimum atomic E-state index is -0.361. The number of rotatable bonds is 7. The molecule has 2 aromatic rings. The highest BCUT2D eigenvalue weighted by Gasteiger charge is 2.20. The zero-order valence-electron chi connectivity index (χ0n) is 15.2. The van der Waals surface area contributed by atoms with E-state index in [1.165, 1.54) is 18.1 Å². The van der Waals surface area contributed by atoms with Crippen molar-refractivity contribution in [2.24, 2.45) is 0 Å². The Bertz CT molecular complexity index is 844. The van der Waals surface area contributed by atoms with Crippen LogP contribution in [0.25, 0.3) is 0 Å². The summed E-state index contributed by atoms with van der Waals surface area (Å²) in [6, 6.07) is 10.3. The molecule has 8 heteroatoms. The molecule has 0 radical (unpaired) electrons. The minimum absolute atomic E-state index is 0.118. The molecule has 0 heterocycles. The van der Waals surface area contributed by atoms with E-state index in [0.717, 1.165) is 4.47 Å². The van der Waals surface area contributed by atoms with Gasteiger partial charge in [0.25, 0.3) is 5.91 Å². The Morgan fingerprint density at radius 2 is 1.96 bits per heavy atom. The third kappa shape index (κ3) is 5.37. The van der Waals surface area contributed by atoms with Gasteiger partial charge in [-0.3, -0.25) is 9.59 Å².